The summed E-state index contributed by atoms with van der Waals surface area (Å²) < 4.78 is 9.41. The van der Waals surface area contributed by atoms with Gasteiger partial charge in [-0.15, -0.1) is 0 Å². The average Bonchev–Trinajstić information content (AvgIpc) is 3.24. The number of hydrogen-bond acceptors (Lipinski definition) is 4. The van der Waals surface area contributed by atoms with Gasteiger partial charge in [0.15, 0.2) is 0 Å². The predicted molar refractivity (Wildman–Crippen MR) is 122 cm³/mol. The number of para-hydroxylation sites is 2. The Balaban J connectivity index is 1.78. The molecule has 0 bridgehead atoms. The predicted octanol–water partition coefficient (Wildman–Crippen LogP) is 5.15. The first-order chi connectivity index (χ1) is 15.0. The van der Waals surface area contributed by atoms with Crippen molar-refractivity contribution < 1.29 is 4.74 Å². The van der Waals surface area contributed by atoms with Gasteiger partial charge in [-0.3, -0.25) is 9.48 Å². The molecule has 2 heterocycles. The Hall–Kier alpha value is -3.67. The largest absolute Gasteiger partial charge is 0.457 e. The first-order valence-electron chi connectivity index (χ1n) is 10.4. The second-order valence-corrected chi connectivity index (χ2v) is 7.95. The second kappa shape index (κ2) is 9.00. The fraction of sp³-hybridized carbons (Fsp3) is 0.240. The minimum atomic E-state index is -0.171. The maximum Gasteiger partial charge on any atom is 0.267 e. The summed E-state index contributed by atoms with van der Waals surface area (Å²) in [6, 6.07) is 19.0. The Bertz CT molecular complexity index is 1230. The Labute approximate surface area is 181 Å². The first-order valence-corrected chi connectivity index (χ1v) is 10.4. The third kappa shape index (κ3) is 4.74. The highest BCUT2D eigenvalue weighted by Crippen LogP contribution is 2.36. The second-order valence-electron chi connectivity index (χ2n) is 7.95. The number of nitrogens with zero attached hydrogens (tertiary/aromatic N) is 4. The fourth-order valence-electron chi connectivity index (χ4n) is 3.34. The van der Waals surface area contributed by atoms with Gasteiger partial charge in [0.25, 0.3) is 5.56 Å². The summed E-state index contributed by atoms with van der Waals surface area (Å²) in [4.78, 5) is 12.4. The van der Waals surface area contributed by atoms with Gasteiger partial charge >= 0.3 is 0 Å². The van der Waals surface area contributed by atoms with E-state index in [0.29, 0.717) is 17.4 Å². The van der Waals surface area contributed by atoms with Crippen molar-refractivity contribution in [1.82, 2.24) is 19.6 Å². The summed E-state index contributed by atoms with van der Waals surface area (Å²) in [5.41, 5.74) is 2.92. The summed E-state index contributed by atoms with van der Waals surface area (Å²) >= 11 is 0. The lowest BCUT2D eigenvalue weighted by atomic mass is 10.0. The molecular formula is C25H26N4O2. The molecule has 0 N–H and O–H groups in total. The van der Waals surface area contributed by atoms with E-state index in [4.69, 9.17) is 4.74 Å². The molecule has 6 heteroatoms. The van der Waals surface area contributed by atoms with E-state index in [0.717, 1.165) is 35.4 Å². The van der Waals surface area contributed by atoms with Gasteiger partial charge in [-0.1, -0.05) is 44.2 Å². The van der Waals surface area contributed by atoms with E-state index in [1.165, 1.54) is 4.68 Å². The molecule has 0 radical (unpaired) electrons. The summed E-state index contributed by atoms with van der Waals surface area (Å²) in [5, 5.41) is 9.08. The van der Waals surface area contributed by atoms with Crippen molar-refractivity contribution >= 4 is 0 Å². The van der Waals surface area contributed by atoms with Crippen LogP contribution in [0.3, 0.4) is 0 Å². The van der Waals surface area contributed by atoms with Crippen LogP contribution in [0.2, 0.25) is 0 Å². The van der Waals surface area contributed by atoms with Crippen LogP contribution in [0.25, 0.3) is 22.4 Å². The van der Waals surface area contributed by atoms with Crippen LogP contribution in [0.15, 0.2) is 77.9 Å². The smallest absolute Gasteiger partial charge is 0.267 e. The van der Waals surface area contributed by atoms with E-state index in [1.54, 1.807) is 19.3 Å². The molecule has 0 saturated carbocycles. The van der Waals surface area contributed by atoms with Crippen LogP contribution in [-0.2, 0) is 13.6 Å². The highest BCUT2D eigenvalue weighted by Gasteiger charge is 2.17. The van der Waals surface area contributed by atoms with E-state index in [9.17, 15) is 4.79 Å². The SMILES string of the molecule is CC(C)CCn1cc(-c2cc(=O)n(C)nc2-c2ccccc2Oc2ccccc2)cn1. The van der Waals surface area contributed by atoms with Gasteiger partial charge < -0.3 is 4.74 Å². The lowest BCUT2D eigenvalue weighted by molar-refractivity contribution is 0.484. The standard InChI is InChI=1S/C25H26N4O2/c1-18(2)13-14-29-17-19(16-26-29)22-15-24(30)28(3)27-25(22)21-11-7-8-12-23(21)31-20-9-5-4-6-10-20/h4-12,15-18H,13-14H2,1-3H3. The quantitative estimate of drug-likeness (QED) is 0.420. The summed E-state index contributed by atoms with van der Waals surface area (Å²) in [6.45, 7) is 5.22. The monoisotopic (exact) mass is 414 g/mol. The first kappa shape index (κ1) is 20.6. The van der Waals surface area contributed by atoms with Gasteiger partial charge in [-0.25, -0.2) is 4.68 Å². The molecule has 4 aromatic rings. The molecule has 0 saturated heterocycles. The minimum absolute atomic E-state index is 0.171. The summed E-state index contributed by atoms with van der Waals surface area (Å²) in [7, 11) is 1.66. The number of aryl methyl sites for hydroxylation is 2. The Morgan fingerprint density at radius 2 is 1.74 bits per heavy atom. The molecule has 158 valence electrons. The van der Waals surface area contributed by atoms with Crippen molar-refractivity contribution in [2.75, 3.05) is 0 Å². The highest BCUT2D eigenvalue weighted by molar-refractivity contribution is 5.82. The molecule has 0 aliphatic carbocycles. The molecule has 0 fully saturated rings. The van der Waals surface area contributed by atoms with Crippen molar-refractivity contribution in [2.24, 2.45) is 13.0 Å². The third-order valence-electron chi connectivity index (χ3n) is 5.08. The van der Waals surface area contributed by atoms with E-state index in [-0.39, 0.29) is 5.56 Å². The van der Waals surface area contributed by atoms with E-state index < -0.39 is 0 Å². The van der Waals surface area contributed by atoms with Gasteiger partial charge in [0.1, 0.15) is 17.2 Å². The van der Waals surface area contributed by atoms with E-state index >= 15 is 0 Å². The molecule has 4 rings (SSSR count). The maximum absolute atomic E-state index is 12.4. The van der Waals surface area contributed by atoms with Crippen LogP contribution in [-0.4, -0.2) is 19.6 Å². The van der Waals surface area contributed by atoms with E-state index in [1.807, 2.05) is 65.5 Å². The molecule has 0 atom stereocenters. The summed E-state index contributed by atoms with van der Waals surface area (Å²) in [6.07, 6.45) is 4.81. The molecule has 6 nitrogen and oxygen atoms in total. The van der Waals surface area contributed by atoms with Gasteiger partial charge in [-0.05, 0) is 36.6 Å². The maximum atomic E-state index is 12.4. The van der Waals surface area contributed by atoms with Crippen LogP contribution in [0.4, 0.5) is 0 Å². The Morgan fingerprint density at radius 3 is 2.52 bits per heavy atom. The van der Waals surface area contributed by atoms with Crippen LogP contribution < -0.4 is 10.3 Å². The Kier molecular flexibility index (Phi) is 5.98. The number of ether oxygens (including phenoxy) is 1. The van der Waals surface area contributed by atoms with Gasteiger partial charge in [0.05, 0.1) is 6.20 Å². The van der Waals surface area contributed by atoms with Crippen molar-refractivity contribution in [3.8, 4) is 33.9 Å². The normalized spacial score (nSPS) is 11.1. The Morgan fingerprint density at radius 1 is 1.00 bits per heavy atom. The lowest BCUT2D eigenvalue weighted by Crippen LogP contribution is -2.19. The molecule has 2 aromatic heterocycles. The average molecular weight is 415 g/mol. The molecule has 0 unspecified atom stereocenters. The molecule has 31 heavy (non-hydrogen) atoms. The topological polar surface area (TPSA) is 61.9 Å². The van der Waals surface area contributed by atoms with E-state index in [2.05, 4.69) is 24.0 Å². The third-order valence-corrected chi connectivity index (χ3v) is 5.08. The zero-order chi connectivity index (χ0) is 21.8. The van der Waals surface area contributed by atoms with Crippen LogP contribution in [0.1, 0.15) is 20.3 Å². The van der Waals surface area contributed by atoms with Crippen molar-refractivity contribution in [3.05, 3.63) is 83.4 Å². The molecule has 0 aliphatic heterocycles. The molecular weight excluding hydrogens is 388 g/mol. The van der Waals surface area contributed by atoms with Crippen LogP contribution in [0.5, 0.6) is 11.5 Å². The summed E-state index contributed by atoms with van der Waals surface area (Å²) in [5.74, 6) is 2.01. The zero-order valence-electron chi connectivity index (χ0n) is 18.0. The number of hydrogen-bond donors (Lipinski definition) is 0. The van der Waals surface area contributed by atoms with Gasteiger partial charge in [-0.2, -0.15) is 10.2 Å². The van der Waals surface area contributed by atoms with Crippen molar-refractivity contribution in [1.29, 1.82) is 0 Å². The molecule has 0 spiro atoms. The fourth-order valence-corrected chi connectivity index (χ4v) is 3.34. The lowest BCUT2D eigenvalue weighted by Gasteiger charge is -2.14. The number of benzene rings is 2. The van der Waals surface area contributed by atoms with Crippen LogP contribution >= 0.6 is 0 Å². The minimum Gasteiger partial charge on any atom is -0.457 e. The zero-order valence-corrected chi connectivity index (χ0v) is 18.0. The van der Waals surface area contributed by atoms with Crippen molar-refractivity contribution in [2.45, 2.75) is 26.8 Å². The molecule has 0 aliphatic rings. The van der Waals surface area contributed by atoms with Crippen molar-refractivity contribution in [3.63, 3.8) is 0 Å². The highest BCUT2D eigenvalue weighted by atomic mass is 16.5. The van der Waals surface area contributed by atoms with Gasteiger partial charge in [0.2, 0.25) is 0 Å². The molecule has 2 aromatic carbocycles. The van der Waals surface area contributed by atoms with Crippen LogP contribution in [0, 0.1) is 5.92 Å². The van der Waals surface area contributed by atoms with Gasteiger partial charge in [0, 0.05) is 42.5 Å². The molecule has 0 amide bonds. The number of aromatic nitrogens is 4. The number of rotatable bonds is 7.